The molecule has 1 saturated carbocycles. The summed E-state index contributed by atoms with van der Waals surface area (Å²) < 4.78 is 38.6. The second-order valence-electron chi connectivity index (χ2n) is 11.0. The molecule has 1 aromatic carbocycles. The third-order valence-electron chi connectivity index (χ3n) is 8.14. The zero-order chi connectivity index (χ0) is 27.5. The summed E-state index contributed by atoms with van der Waals surface area (Å²) in [5, 5.41) is 5.28. The van der Waals surface area contributed by atoms with E-state index in [0.29, 0.717) is 12.0 Å². The van der Waals surface area contributed by atoms with Crippen molar-refractivity contribution in [1.29, 1.82) is 0 Å². The number of alkyl halides is 3. The number of nitrogens with two attached hydrogens (primary N) is 1. The molecule has 3 amide bonds. The van der Waals surface area contributed by atoms with Gasteiger partial charge >= 0.3 is 6.18 Å². The Morgan fingerprint density at radius 3 is 2.45 bits per heavy atom. The predicted octanol–water partition coefficient (Wildman–Crippen LogP) is 3.56. The highest BCUT2D eigenvalue weighted by atomic mass is 19.4. The Bertz CT molecular complexity index is 1120. The summed E-state index contributed by atoms with van der Waals surface area (Å²) >= 11 is 0. The van der Waals surface area contributed by atoms with E-state index in [1.807, 2.05) is 6.08 Å². The lowest BCUT2D eigenvalue weighted by Crippen LogP contribution is -2.63. The Balaban J connectivity index is 1.15. The van der Waals surface area contributed by atoms with Crippen molar-refractivity contribution >= 4 is 17.7 Å². The molecule has 1 unspecified atom stereocenters. The molecular weight excluding hydrogens is 497 g/mol. The number of likely N-dealkylation sites (tertiary alicyclic amines) is 1. The van der Waals surface area contributed by atoms with Crippen molar-refractivity contribution in [3.8, 4) is 0 Å². The molecule has 10 heteroatoms. The number of carbonyl (C=O) groups is 3. The van der Waals surface area contributed by atoms with Crippen molar-refractivity contribution in [2.24, 2.45) is 17.1 Å². The van der Waals surface area contributed by atoms with Crippen LogP contribution in [0.4, 0.5) is 13.2 Å². The van der Waals surface area contributed by atoms with Gasteiger partial charge in [0.05, 0.1) is 24.6 Å². The zero-order valence-corrected chi connectivity index (χ0v) is 21.5. The molecule has 38 heavy (non-hydrogen) atoms. The third kappa shape index (κ3) is 6.83. The van der Waals surface area contributed by atoms with Crippen LogP contribution in [0.3, 0.4) is 0 Å². The van der Waals surface area contributed by atoms with Crippen LogP contribution in [0.1, 0.15) is 61.4 Å². The number of benzene rings is 1. The number of hydrogen-bond acceptors (Lipinski definition) is 4. The summed E-state index contributed by atoms with van der Waals surface area (Å²) in [6.07, 6.45) is 7.54. The van der Waals surface area contributed by atoms with Crippen molar-refractivity contribution in [2.45, 2.75) is 63.7 Å². The molecule has 0 aromatic heterocycles. The van der Waals surface area contributed by atoms with Crippen molar-refractivity contribution in [1.82, 2.24) is 15.5 Å². The van der Waals surface area contributed by atoms with Gasteiger partial charge in [-0.1, -0.05) is 31.2 Å². The normalized spacial score (nSPS) is 26.3. The van der Waals surface area contributed by atoms with E-state index >= 15 is 0 Å². The van der Waals surface area contributed by atoms with Gasteiger partial charge in [-0.15, -0.1) is 0 Å². The van der Waals surface area contributed by atoms with Crippen LogP contribution in [0.2, 0.25) is 0 Å². The van der Waals surface area contributed by atoms with E-state index in [2.05, 4.69) is 34.6 Å². The number of allylic oxidation sites excluding steroid dienone is 3. The van der Waals surface area contributed by atoms with Crippen LogP contribution >= 0.6 is 0 Å². The van der Waals surface area contributed by atoms with Crippen molar-refractivity contribution < 1.29 is 27.6 Å². The molecule has 1 saturated heterocycles. The first-order valence-electron chi connectivity index (χ1n) is 13.1. The van der Waals surface area contributed by atoms with E-state index in [-0.39, 0.29) is 41.8 Å². The molecule has 1 atom stereocenters. The lowest BCUT2D eigenvalue weighted by molar-refractivity contribution is -0.137. The summed E-state index contributed by atoms with van der Waals surface area (Å²) in [5.74, 6) is -0.814. The molecule has 1 heterocycles. The van der Waals surface area contributed by atoms with E-state index in [1.165, 1.54) is 12.1 Å². The summed E-state index contributed by atoms with van der Waals surface area (Å²) in [6.45, 7) is 3.49. The molecule has 206 valence electrons. The van der Waals surface area contributed by atoms with E-state index in [4.69, 9.17) is 5.73 Å². The highest BCUT2D eigenvalue weighted by Crippen LogP contribution is 2.45. The maximum absolute atomic E-state index is 12.9. The first-order valence-corrected chi connectivity index (χ1v) is 13.1. The maximum atomic E-state index is 12.9. The lowest BCUT2D eigenvalue weighted by Gasteiger charge is -2.48. The Labute approximate surface area is 220 Å². The number of halogens is 3. The van der Waals surface area contributed by atoms with Gasteiger partial charge in [-0.25, -0.2) is 0 Å². The first-order chi connectivity index (χ1) is 17.9. The molecule has 2 aliphatic carbocycles. The molecule has 0 radical (unpaired) electrons. The number of rotatable bonds is 8. The van der Waals surface area contributed by atoms with Crippen LogP contribution in [-0.2, 0) is 15.8 Å². The van der Waals surface area contributed by atoms with Crippen molar-refractivity contribution in [3.05, 3.63) is 59.2 Å². The van der Waals surface area contributed by atoms with E-state index in [1.54, 1.807) is 0 Å². The Hall–Kier alpha value is -3.14. The molecule has 1 aliphatic heterocycles. The second kappa shape index (κ2) is 11.3. The monoisotopic (exact) mass is 532 g/mol. The minimum absolute atomic E-state index is 0.00158. The van der Waals surface area contributed by atoms with Gasteiger partial charge in [0.25, 0.3) is 5.91 Å². The lowest BCUT2D eigenvalue weighted by atomic mass is 9.65. The van der Waals surface area contributed by atoms with E-state index < -0.39 is 17.6 Å². The molecule has 0 bridgehead atoms. The summed E-state index contributed by atoms with van der Waals surface area (Å²) in [7, 11) is 0. The quantitative estimate of drug-likeness (QED) is 0.476. The fourth-order valence-corrected chi connectivity index (χ4v) is 5.80. The summed E-state index contributed by atoms with van der Waals surface area (Å²) in [5.41, 5.74) is 5.34. The zero-order valence-electron chi connectivity index (χ0n) is 21.5. The molecule has 4 rings (SSSR count). The Kier molecular flexibility index (Phi) is 8.30. The predicted molar refractivity (Wildman–Crippen MR) is 137 cm³/mol. The van der Waals surface area contributed by atoms with E-state index in [0.717, 1.165) is 62.9 Å². The standard InChI is InChI=1S/C28H35F3N4O3/c1-27(11-9-18(10-12-27)13-24(32)36)20-5-7-23(8-6-20)35-16-22(17-35)34-25(37)15-33-26(38)19-3-2-4-21(14-19)28(29,30)31/h2-4,9-11,14,20,22-23H,5-8,12-13,15-17H2,1H3,(H2,32,36)(H,33,38)(H,34,37). The molecule has 4 N–H and O–H groups in total. The average Bonchev–Trinajstić information content (AvgIpc) is 2.85. The molecule has 3 aliphatic rings. The first kappa shape index (κ1) is 27.9. The largest absolute Gasteiger partial charge is 0.416 e. The van der Waals surface area contributed by atoms with Gasteiger partial charge in [-0.2, -0.15) is 13.2 Å². The van der Waals surface area contributed by atoms with Gasteiger partial charge in [0, 0.05) is 24.7 Å². The van der Waals surface area contributed by atoms with Crippen LogP contribution in [-0.4, -0.2) is 54.3 Å². The smallest absolute Gasteiger partial charge is 0.369 e. The van der Waals surface area contributed by atoms with Gasteiger partial charge in [0.1, 0.15) is 0 Å². The maximum Gasteiger partial charge on any atom is 0.416 e. The van der Waals surface area contributed by atoms with Crippen LogP contribution in [0, 0.1) is 11.3 Å². The fourth-order valence-electron chi connectivity index (χ4n) is 5.80. The van der Waals surface area contributed by atoms with Gasteiger partial charge < -0.3 is 16.4 Å². The number of nitrogens with one attached hydrogen (secondary N) is 2. The molecule has 0 spiro atoms. The summed E-state index contributed by atoms with van der Waals surface area (Å²) in [4.78, 5) is 38.0. The number of primary amides is 1. The topological polar surface area (TPSA) is 105 Å². The minimum Gasteiger partial charge on any atom is -0.369 e. The van der Waals surface area contributed by atoms with Crippen LogP contribution in [0.25, 0.3) is 0 Å². The molecule has 2 fully saturated rings. The van der Waals surface area contributed by atoms with Gasteiger partial charge in [0.2, 0.25) is 11.8 Å². The van der Waals surface area contributed by atoms with Gasteiger partial charge in [-0.3, -0.25) is 19.3 Å². The Morgan fingerprint density at radius 1 is 1.13 bits per heavy atom. The number of amides is 3. The number of carbonyl (C=O) groups excluding carboxylic acids is 3. The van der Waals surface area contributed by atoms with Crippen molar-refractivity contribution in [2.75, 3.05) is 19.6 Å². The van der Waals surface area contributed by atoms with Crippen LogP contribution in [0.5, 0.6) is 0 Å². The second-order valence-corrected chi connectivity index (χ2v) is 11.0. The SMILES string of the molecule is CC1(C2CCC(N3CC(NC(=O)CNC(=O)c4cccc(C(F)(F)F)c4)C3)CC2)C=CC(CC(N)=O)=CC1. The van der Waals surface area contributed by atoms with E-state index in [9.17, 15) is 27.6 Å². The minimum atomic E-state index is -4.54. The summed E-state index contributed by atoms with van der Waals surface area (Å²) in [6, 6.07) is 4.60. The van der Waals surface area contributed by atoms with Crippen molar-refractivity contribution in [3.63, 3.8) is 0 Å². The van der Waals surface area contributed by atoms with Gasteiger partial charge in [0.15, 0.2) is 0 Å². The highest BCUT2D eigenvalue weighted by molar-refractivity contribution is 5.96. The molecule has 1 aromatic rings. The Morgan fingerprint density at radius 2 is 1.84 bits per heavy atom. The third-order valence-corrected chi connectivity index (χ3v) is 8.14. The molecule has 7 nitrogen and oxygen atoms in total. The average molecular weight is 533 g/mol. The highest BCUT2D eigenvalue weighted by Gasteiger charge is 2.39. The van der Waals surface area contributed by atoms with Crippen LogP contribution in [0.15, 0.2) is 48.1 Å². The van der Waals surface area contributed by atoms with Crippen LogP contribution < -0.4 is 16.4 Å². The number of nitrogens with zero attached hydrogens (tertiary/aromatic N) is 1. The molecular formula is C28H35F3N4O3. The fraction of sp³-hybridized carbons (Fsp3) is 0.536. The number of hydrogen-bond donors (Lipinski definition) is 3. The van der Waals surface area contributed by atoms with Gasteiger partial charge in [-0.05, 0) is 67.2 Å².